The Bertz CT molecular complexity index is 279. The van der Waals surface area contributed by atoms with E-state index in [0.29, 0.717) is 18.1 Å². The summed E-state index contributed by atoms with van der Waals surface area (Å²) in [6, 6.07) is 0.423. The van der Waals surface area contributed by atoms with Gasteiger partial charge in [-0.1, -0.05) is 12.8 Å². The first-order valence-corrected chi connectivity index (χ1v) is 8.04. The number of hydrogen-bond acceptors (Lipinski definition) is 3. The summed E-state index contributed by atoms with van der Waals surface area (Å²) < 4.78 is 0. The highest BCUT2D eigenvalue weighted by molar-refractivity contribution is 4.93. The topological polar surface area (TPSA) is 35.5 Å². The van der Waals surface area contributed by atoms with E-state index in [1.54, 1.807) is 0 Å². The quantitative estimate of drug-likeness (QED) is 0.803. The molecule has 0 aromatic rings. The predicted octanol–water partition coefficient (Wildman–Crippen LogP) is 2.39. The van der Waals surface area contributed by atoms with Gasteiger partial charge >= 0.3 is 0 Å². The Balaban J connectivity index is 1.95. The number of rotatable bonds is 5. The number of nitrogens with zero attached hydrogens (tertiary/aromatic N) is 1. The van der Waals surface area contributed by atoms with E-state index >= 15 is 0 Å². The number of hydrogen-bond donors (Lipinski definition) is 2. The summed E-state index contributed by atoms with van der Waals surface area (Å²) >= 11 is 0. The van der Waals surface area contributed by atoms with E-state index < -0.39 is 0 Å². The zero-order valence-corrected chi connectivity index (χ0v) is 13.0. The molecule has 2 fully saturated rings. The minimum absolute atomic E-state index is 0.205. The first-order valence-electron chi connectivity index (χ1n) is 8.04. The van der Waals surface area contributed by atoms with Crippen molar-refractivity contribution in [1.29, 1.82) is 0 Å². The van der Waals surface area contributed by atoms with Crippen LogP contribution in [0.3, 0.4) is 0 Å². The molecule has 1 aliphatic carbocycles. The highest BCUT2D eigenvalue weighted by atomic mass is 16.3. The SMILES string of the molecule is CC(C)(C)NCC1(CN2CCCC2CO)CCCC1. The van der Waals surface area contributed by atoms with Crippen molar-refractivity contribution < 1.29 is 5.11 Å². The lowest BCUT2D eigenvalue weighted by molar-refractivity contribution is 0.0980. The summed E-state index contributed by atoms with van der Waals surface area (Å²) in [4.78, 5) is 2.55. The Labute approximate surface area is 118 Å². The van der Waals surface area contributed by atoms with Crippen LogP contribution in [0.5, 0.6) is 0 Å². The molecule has 0 aromatic carbocycles. The van der Waals surface area contributed by atoms with Gasteiger partial charge in [-0.15, -0.1) is 0 Å². The lowest BCUT2D eigenvalue weighted by Crippen LogP contribution is -2.49. The van der Waals surface area contributed by atoms with Crippen LogP contribution in [0.2, 0.25) is 0 Å². The summed E-state index contributed by atoms with van der Waals surface area (Å²) in [6.07, 6.45) is 7.90. The molecule has 0 radical (unpaired) electrons. The van der Waals surface area contributed by atoms with E-state index in [9.17, 15) is 5.11 Å². The molecule has 0 aromatic heterocycles. The molecule has 2 aliphatic rings. The second kappa shape index (κ2) is 6.11. The van der Waals surface area contributed by atoms with Crippen LogP contribution < -0.4 is 5.32 Å². The Morgan fingerprint density at radius 1 is 1.21 bits per heavy atom. The van der Waals surface area contributed by atoms with Crippen LogP contribution >= 0.6 is 0 Å². The number of aliphatic hydroxyl groups excluding tert-OH is 1. The average Bonchev–Trinajstić information content (AvgIpc) is 2.96. The van der Waals surface area contributed by atoms with Gasteiger partial charge < -0.3 is 10.4 Å². The Kier molecular flexibility index (Phi) is 4.91. The van der Waals surface area contributed by atoms with Crippen LogP contribution in [0.25, 0.3) is 0 Å². The molecule has 1 aliphatic heterocycles. The third kappa shape index (κ3) is 4.17. The van der Waals surface area contributed by atoms with Gasteiger partial charge in [0.15, 0.2) is 0 Å². The van der Waals surface area contributed by atoms with Crippen LogP contribution in [0.15, 0.2) is 0 Å². The van der Waals surface area contributed by atoms with E-state index in [1.165, 1.54) is 51.6 Å². The minimum atomic E-state index is 0.205. The average molecular weight is 268 g/mol. The number of aliphatic hydroxyl groups is 1. The lowest BCUT2D eigenvalue weighted by atomic mass is 9.84. The smallest absolute Gasteiger partial charge is 0.0586 e. The monoisotopic (exact) mass is 268 g/mol. The van der Waals surface area contributed by atoms with Crippen molar-refractivity contribution in [2.45, 2.75) is 70.9 Å². The van der Waals surface area contributed by atoms with Crippen molar-refractivity contribution in [2.24, 2.45) is 5.41 Å². The zero-order chi connectivity index (χ0) is 13.9. The fourth-order valence-electron chi connectivity index (χ4n) is 3.71. The van der Waals surface area contributed by atoms with Gasteiger partial charge in [-0.05, 0) is 58.4 Å². The molecule has 1 atom stereocenters. The van der Waals surface area contributed by atoms with Gasteiger partial charge in [-0.2, -0.15) is 0 Å². The van der Waals surface area contributed by atoms with Crippen molar-refractivity contribution in [2.75, 3.05) is 26.2 Å². The summed E-state index contributed by atoms with van der Waals surface area (Å²) in [6.45, 7) is 10.6. The maximum atomic E-state index is 9.50. The Hall–Kier alpha value is -0.120. The summed E-state index contributed by atoms with van der Waals surface area (Å²) in [5, 5.41) is 13.2. The van der Waals surface area contributed by atoms with Gasteiger partial charge in [0, 0.05) is 24.7 Å². The summed E-state index contributed by atoms with van der Waals surface area (Å²) in [5.41, 5.74) is 0.655. The maximum absolute atomic E-state index is 9.50. The fraction of sp³-hybridized carbons (Fsp3) is 1.00. The third-order valence-corrected chi connectivity index (χ3v) is 4.91. The molecule has 3 heteroatoms. The van der Waals surface area contributed by atoms with Crippen molar-refractivity contribution in [1.82, 2.24) is 10.2 Å². The molecular weight excluding hydrogens is 236 g/mol. The highest BCUT2D eigenvalue weighted by Crippen LogP contribution is 2.40. The van der Waals surface area contributed by atoms with Crippen LogP contribution in [-0.4, -0.2) is 47.8 Å². The molecule has 1 heterocycles. The van der Waals surface area contributed by atoms with Crippen LogP contribution in [0.4, 0.5) is 0 Å². The molecule has 2 rings (SSSR count). The van der Waals surface area contributed by atoms with Crippen molar-refractivity contribution in [3.05, 3.63) is 0 Å². The lowest BCUT2D eigenvalue weighted by Gasteiger charge is -2.38. The predicted molar refractivity (Wildman–Crippen MR) is 80.3 cm³/mol. The molecule has 0 amide bonds. The Morgan fingerprint density at radius 2 is 1.89 bits per heavy atom. The second-order valence-corrected chi connectivity index (χ2v) is 7.76. The number of nitrogens with one attached hydrogen (secondary N) is 1. The molecule has 0 spiro atoms. The third-order valence-electron chi connectivity index (χ3n) is 4.91. The molecule has 1 unspecified atom stereocenters. The molecule has 112 valence electrons. The zero-order valence-electron chi connectivity index (χ0n) is 13.0. The molecule has 19 heavy (non-hydrogen) atoms. The molecule has 1 saturated heterocycles. The van der Waals surface area contributed by atoms with Gasteiger partial charge in [0.05, 0.1) is 6.61 Å². The normalized spacial score (nSPS) is 28.1. The molecule has 3 nitrogen and oxygen atoms in total. The minimum Gasteiger partial charge on any atom is -0.395 e. The van der Waals surface area contributed by atoms with Crippen molar-refractivity contribution >= 4 is 0 Å². The van der Waals surface area contributed by atoms with Gasteiger partial charge in [-0.3, -0.25) is 4.90 Å². The van der Waals surface area contributed by atoms with E-state index in [1.807, 2.05) is 0 Å². The van der Waals surface area contributed by atoms with Crippen LogP contribution in [0, 0.1) is 5.41 Å². The van der Waals surface area contributed by atoms with E-state index in [4.69, 9.17) is 0 Å². The van der Waals surface area contributed by atoms with Gasteiger partial charge in [-0.25, -0.2) is 0 Å². The molecule has 0 bridgehead atoms. The van der Waals surface area contributed by atoms with Crippen molar-refractivity contribution in [3.8, 4) is 0 Å². The summed E-state index contributed by atoms with van der Waals surface area (Å²) in [5.74, 6) is 0. The van der Waals surface area contributed by atoms with E-state index in [0.717, 1.165) is 6.54 Å². The van der Waals surface area contributed by atoms with E-state index in [2.05, 4.69) is 31.0 Å². The maximum Gasteiger partial charge on any atom is 0.0586 e. The van der Waals surface area contributed by atoms with E-state index in [-0.39, 0.29) is 5.54 Å². The molecular formula is C16H32N2O. The van der Waals surface area contributed by atoms with Crippen LogP contribution in [-0.2, 0) is 0 Å². The highest BCUT2D eigenvalue weighted by Gasteiger charge is 2.38. The number of likely N-dealkylation sites (tertiary alicyclic amines) is 1. The molecule has 1 saturated carbocycles. The molecule has 2 N–H and O–H groups in total. The fourth-order valence-corrected chi connectivity index (χ4v) is 3.71. The largest absolute Gasteiger partial charge is 0.395 e. The standard InChI is InChI=1S/C16H32N2O/c1-15(2,3)17-12-16(8-4-5-9-16)13-18-10-6-7-14(18)11-19/h14,17,19H,4-13H2,1-3H3. The van der Waals surface area contributed by atoms with Gasteiger partial charge in [0.2, 0.25) is 0 Å². The summed E-state index contributed by atoms with van der Waals surface area (Å²) in [7, 11) is 0. The van der Waals surface area contributed by atoms with Crippen LogP contribution in [0.1, 0.15) is 59.3 Å². The van der Waals surface area contributed by atoms with Gasteiger partial charge in [0.25, 0.3) is 0 Å². The Morgan fingerprint density at radius 3 is 2.47 bits per heavy atom. The van der Waals surface area contributed by atoms with Gasteiger partial charge in [0.1, 0.15) is 0 Å². The first kappa shape index (κ1) is 15.3. The second-order valence-electron chi connectivity index (χ2n) is 7.76. The van der Waals surface area contributed by atoms with Crippen molar-refractivity contribution in [3.63, 3.8) is 0 Å². The first-order chi connectivity index (χ1) is 8.94.